The minimum Gasteiger partial charge on any atom is -0.469 e. The molecule has 5 heteroatoms. The highest BCUT2D eigenvalue weighted by atomic mass is 31.1. The van der Waals surface area contributed by atoms with Crippen molar-refractivity contribution in [1.29, 1.82) is 0 Å². The van der Waals surface area contributed by atoms with Crippen LogP contribution in [-0.4, -0.2) is 0 Å². The second-order valence-electron chi connectivity index (χ2n) is 6.14. The van der Waals surface area contributed by atoms with Gasteiger partial charge in [0.1, 0.15) is 17.6 Å². The predicted molar refractivity (Wildman–Crippen MR) is 123 cm³/mol. The zero-order valence-electron chi connectivity index (χ0n) is 15.6. The Morgan fingerprint density at radius 3 is 1.14 bits per heavy atom. The maximum Gasteiger partial charge on any atom is 0.169 e. The van der Waals surface area contributed by atoms with Crippen molar-refractivity contribution in [2.75, 3.05) is 0 Å². The first-order valence-corrected chi connectivity index (χ1v) is 11.0. The number of para-hydroxylation sites is 4. The van der Waals surface area contributed by atoms with Crippen LogP contribution in [0.15, 0.2) is 109 Å². The molecule has 0 N–H and O–H groups in total. The van der Waals surface area contributed by atoms with Crippen molar-refractivity contribution in [2.45, 2.75) is 0 Å². The summed E-state index contributed by atoms with van der Waals surface area (Å²) in [4.78, 5) is 0. The van der Waals surface area contributed by atoms with E-state index in [1.165, 1.54) is 0 Å². The second-order valence-corrected chi connectivity index (χ2v) is 8.11. The van der Waals surface area contributed by atoms with Gasteiger partial charge in [0.2, 0.25) is 0 Å². The van der Waals surface area contributed by atoms with Crippen LogP contribution in [0.5, 0.6) is 23.0 Å². The van der Waals surface area contributed by atoms with Gasteiger partial charge in [-0.1, -0.05) is 84.9 Å². The number of ether oxygens (including phenoxy) is 1. The predicted octanol–water partition coefficient (Wildman–Crippen LogP) is 6.07. The minimum atomic E-state index is 0.208. The molecule has 0 saturated carbocycles. The van der Waals surface area contributed by atoms with Gasteiger partial charge in [-0.05, 0) is 24.3 Å². The van der Waals surface area contributed by atoms with E-state index in [-0.39, 0.29) is 17.6 Å². The summed E-state index contributed by atoms with van der Waals surface area (Å²) in [7, 11) is 0.416. The molecule has 2 atom stereocenters. The standard InChI is InChI=1S/C24H20O3P2/c1-3-11-19(12-4-1)28-26-23-17-9-7-15-21(23)25-22-16-8-10-18-24(22)27-29-20-13-5-2-6-14-20/h1-18,28-29H. The van der Waals surface area contributed by atoms with Crippen molar-refractivity contribution in [3.63, 3.8) is 0 Å². The average Bonchev–Trinajstić information content (AvgIpc) is 2.79. The molecule has 0 fully saturated rings. The smallest absolute Gasteiger partial charge is 0.169 e. The third kappa shape index (κ3) is 5.57. The lowest BCUT2D eigenvalue weighted by atomic mass is 10.3. The third-order valence-corrected chi connectivity index (χ3v) is 5.81. The molecule has 0 aliphatic carbocycles. The summed E-state index contributed by atoms with van der Waals surface area (Å²) < 4.78 is 18.2. The molecule has 0 aliphatic heterocycles. The van der Waals surface area contributed by atoms with Crippen molar-refractivity contribution in [1.82, 2.24) is 0 Å². The fourth-order valence-corrected chi connectivity index (χ4v) is 4.05. The number of hydrogen-bond donors (Lipinski definition) is 0. The zero-order valence-corrected chi connectivity index (χ0v) is 17.6. The van der Waals surface area contributed by atoms with Gasteiger partial charge in [0.05, 0.1) is 0 Å². The number of benzene rings is 4. The molecule has 0 bridgehead atoms. The van der Waals surface area contributed by atoms with Crippen LogP contribution in [0.2, 0.25) is 0 Å². The van der Waals surface area contributed by atoms with Crippen molar-refractivity contribution >= 4 is 28.2 Å². The Labute approximate surface area is 174 Å². The summed E-state index contributed by atoms with van der Waals surface area (Å²) in [5.74, 6) is 2.73. The summed E-state index contributed by atoms with van der Waals surface area (Å²) in [5, 5.41) is 2.27. The van der Waals surface area contributed by atoms with Crippen LogP contribution in [0.1, 0.15) is 0 Å². The van der Waals surface area contributed by atoms with Crippen LogP contribution in [0, 0.1) is 0 Å². The SMILES string of the molecule is c1ccc(POc2ccccc2Oc2ccccc2OPc2ccccc2)cc1. The molecule has 4 rings (SSSR count). The Bertz CT molecular complexity index is 955. The van der Waals surface area contributed by atoms with Crippen LogP contribution < -0.4 is 24.4 Å². The number of hydrogen-bond acceptors (Lipinski definition) is 3. The monoisotopic (exact) mass is 418 g/mol. The molecule has 0 aliphatic rings. The molecule has 4 aromatic carbocycles. The minimum absolute atomic E-state index is 0.208. The quantitative estimate of drug-likeness (QED) is 0.325. The zero-order chi connectivity index (χ0) is 19.7. The average molecular weight is 418 g/mol. The van der Waals surface area contributed by atoms with Crippen LogP contribution in [0.25, 0.3) is 0 Å². The summed E-state index contributed by atoms with van der Waals surface area (Å²) >= 11 is 0. The third-order valence-electron chi connectivity index (χ3n) is 4.02. The molecule has 3 nitrogen and oxygen atoms in total. The maximum atomic E-state index is 6.18. The van der Waals surface area contributed by atoms with E-state index in [9.17, 15) is 0 Å². The molecule has 0 saturated heterocycles. The van der Waals surface area contributed by atoms with Crippen LogP contribution in [0.4, 0.5) is 0 Å². The Balaban J connectivity index is 1.48. The molecule has 0 spiro atoms. The van der Waals surface area contributed by atoms with E-state index in [1.54, 1.807) is 0 Å². The maximum absolute atomic E-state index is 6.18. The fourth-order valence-electron chi connectivity index (χ4n) is 2.60. The van der Waals surface area contributed by atoms with Gasteiger partial charge in [-0.25, -0.2) is 0 Å². The largest absolute Gasteiger partial charge is 0.469 e. The first-order valence-electron chi connectivity index (χ1n) is 9.20. The molecule has 0 heterocycles. The van der Waals surface area contributed by atoms with Gasteiger partial charge in [-0.3, -0.25) is 0 Å². The van der Waals surface area contributed by atoms with Crippen molar-refractivity contribution < 1.29 is 13.8 Å². The van der Waals surface area contributed by atoms with Gasteiger partial charge in [0.15, 0.2) is 23.0 Å². The summed E-state index contributed by atoms with van der Waals surface area (Å²) in [5.41, 5.74) is 0. The van der Waals surface area contributed by atoms with Gasteiger partial charge in [-0.15, -0.1) is 0 Å². The second kappa shape index (κ2) is 10.1. The fraction of sp³-hybridized carbons (Fsp3) is 0. The summed E-state index contributed by atoms with van der Waals surface area (Å²) in [6.45, 7) is 0. The molecule has 4 aromatic rings. The lowest BCUT2D eigenvalue weighted by molar-refractivity contribution is 0.440. The van der Waals surface area contributed by atoms with Gasteiger partial charge < -0.3 is 13.8 Å². The molecule has 0 amide bonds. The van der Waals surface area contributed by atoms with Crippen molar-refractivity contribution in [3.05, 3.63) is 109 Å². The van der Waals surface area contributed by atoms with Gasteiger partial charge >= 0.3 is 0 Å². The molecule has 29 heavy (non-hydrogen) atoms. The Morgan fingerprint density at radius 1 is 0.379 bits per heavy atom. The summed E-state index contributed by atoms with van der Waals surface area (Å²) in [6, 6.07) is 35.6. The van der Waals surface area contributed by atoms with Crippen LogP contribution >= 0.6 is 17.6 Å². The molecule has 144 valence electrons. The topological polar surface area (TPSA) is 27.7 Å². The number of rotatable bonds is 8. The van der Waals surface area contributed by atoms with E-state index in [0.717, 1.165) is 10.6 Å². The normalized spacial score (nSPS) is 11.2. The van der Waals surface area contributed by atoms with Crippen LogP contribution in [-0.2, 0) is 0 Å². The molecular formula is C24H20O3P2. The Morgan fingerprint density at radius 2 is 0.724 bits per heavy atom. The molecule has 0 radical (unpaired) electrons. The summed E-state index contributed by atoms with van der Waals surface area (Å²) in [6.07, 6.45) is 0. The molecule has 0 aromatic heterocycles. The van der Waals surface area contributed by atoms with Crippen molar-refractivity contribution in [3.8, 4) is 23.0 Å². The molecular weight excluding hydrogens is 398 g/mol. The van der Waals surface area contributed by atoms with Gasteiger partial charge in [0, 0.05) is 10.6 Å². The Kier molecular flexibility index (Phi) is 6.76. The molecule has 2 unspecified atom stereocenters. The first kappa shape index (κ1) is 19.5. The highest BCUT2D eigenvalue weighted by Gasteiger charge is 2.10. The first-order chi connectivity index (χ1) is 14.4. The van der Waals surface area contributed by atoms with Crippen molar-refractivity contribution in [2.24, 2.45) is 0 Å². The highest BCUT2D eigenvalue weighted by molar-refractivity contribution is 7.42. The van der Waals surface area contributed by atoms with Crippen LogP contribution in [0.3, 0.4) is 0 Å². The van der Waals surface area contributed by atoms with E-state index in [2.05, 4.69) is 24.3 Å². The van der Waals surface area contributed by atoms with E-state index >= 15 is 0 Å². The Hall–Kier alpha value is -2.86. The van der Waals surface area contributed by atoms with Gasteiger partial charge in [0.25, 0.3) is 0 Å². The lowest BCUT2D eigenvalue weighted by Gasteiger charge is -2.15. The van der Waals surface area contributed by atoms with E-state index in [1.807, 2.05) is 84.9 Å². The van der Waals surface area contributed by atoms with Gasteiger partial charge in [-0.2, -0.15) is 0 Å². The highest BCUT2D eigenvalue weighted by Crippen LogP contribution is 2.39. The van der Waals surface area contributed by atoms with E-state index in [4.69, 9.17) is 13.8 Å². The van der Waals surface area contributed by atoms with E-state index < -0.39 is 0 Å². The van der Waals surface area contributed by atoms with E-state index in [0.29, 0.717) is 23.0 Å². The lowest BCUT2D eigenvalue weighted by Crippen LogP contribution is -1.97.